The quantitative estimate of drug-likeness (QED) is 0.706. The minimum atomic E-state index is -0.267. The Kier molecular flexibility index (Phi) is 4.27. The molecular formula is C16H11N5OS. The van der Waals surface area contributed by atoms with Crippen LogP contribution in [0.1, 0.15) is 21.1 Å². The number of aromatic nitrogens is 3. The first-order valence-electron chi connectivity index (χ1n) is 6.62. The van der Waals surface area contributed by atoms with E-state index in [1.165, 1.54) is 23.7 Å². The molecule has 0 saturated carbocycles. The van der Waals surface area contributed by atoms with Gasteiger partial charge in [-0.1, -0.05) is 24.1 Å². The standard InChI is InChI=1S/C16H11N5OS/c17-16-18-8-11(9-19-16)6-7-14-21-13(10-23-14)15(22)20-12-4-2-1-3-5-12/h1-5,8-10H,(H,20,22)(H2,17,18,19). The Bertz CT molecular complexity index is 878. The minimum absolute atomic E-state index is 0.199. The molecule has 0 unspecified atom stereocenters. The molecule has 3 N–H and O–H groups in total. The first-order valence-corrected chi connectivity index (χ1v) is 7.50. The van der Waals surface area contributed by atoms with Crippen LogP contribution >= 0.6 is 11.3 Å². The summed E-state index contributed by atoms with van der Waals surface area (Å²) in [6.07, 6.45) is 3.07. The molecule has 3 aromatic rings. The lowest BCUT2D eigenvalue weighted by Crippen LogP contribution is -2.12. The molecule has 0 spiro atoms. The highest BCUT2D eigenvalue weighted by Crippen LogP contribution is 2.12. The number of carbonyl (C=O) groups is 1. The molecule has 0 aliphatic heterocycles. The van der Waals surface area contributed by atoms with Crippen LogP contribution in [0.3, 0.4) is 0 Å². The van der Waals surface area contributed by atoms with Crippen molar-refractivity contribution in [3.8, 4) is 11.8 Å². The summed E-state index contributed by atoms with van der Waals surface area (Å²) in [5.74, 6) is 5.68. The molecule has 0 atom stereocenters. The molecule has 3 rings (SSSR count). The van der Waals surface area contributed by atoms with E-state index in [1.54, 1.807) is 5.38 Å². The lowest BCUT2D eigenvalue weighted by molar-refractivity contribution is 0.102. The van der Waals surface area contributed by atoms with Crippen LogP contribution in [-0.4, -0.2) is 20.9 Å². The molecule has 2 heterocycles. The molecule has 1 aromatic carbocycles. The van der Waals surface area contributed by atoms with Crippen LogP contribution < -0.4 is 11.1 Å². The van der Waals surface area contributed by atoms with Gasteiger partial charge in [0.05, 0.1) is 5.56 Å². The number of hydrogen-bond donors (Lipinski definition) is 2. The summed E-state index contributed by atoms with van der Waals surface area (Å²) in [5.41, 5.74) is 7.09. The van der Waals surface area contributed by atoms with Crippen LogP contribution in [0.5, 0.6) is 0 Å². The van der Waals surface area contributed by atoms with Gasteiger partial charge in [-0.2, -0.15) is 0 Å². The average Bonchev–Trinajstić information content (AvgIpc) is 3.04. The summed E-state index contributed by atoms with van der Waals surface area (Å²) in [7, 11) is 0. The second-order valence-corrected chi connectivity index (χ2v) is 5.30. The van der Waals surface area contributed by atoms with Crippen molar-refractivity contribution in [1.29, 1.82) is 0 Å². The monoisotopic (exact) mass is 321 g/mol. The van der Waals surface area contributed by atoms with Gasteiger partial charge < -0.3 is 11.1 Å². The van der Waals surface area contributed by atoms with Crippen molar-refractivity contribution in [3.05, 3.63) is 64.4 Å². The van der Waals surface area contributed by atoms with Gasteiger partial charge in [0.15, 0.2) is 5.01 Å². The zero-order chi connectivity index (χ0) is 16.1. The third-order valence-corrected chi connectivity index (χ3v) is 3.51. The predicted molar refractivity (Wildman–Crippen MR) is 88.9 cm³/mol. The van der Waals surface area contributed by atoms with Crippen molar-refractivity contribution in [2.75, 3.05) is 11.1 Å². The molecule has 0 radical (unpaired) electrons. The van der Waals surface area contributed by atoms with Gasteiger partial charge in [0, 0.05) is 23.5 Å². The Morgan fingerprint density at radius 3 is 2.61 bits per heavy atom. The van der Waals surface area contributed by atoms with Gasteiger partial charge in [-0.25, -0.2) is 15.0 Å². The molecule has 6 nitrogen and oxygen atoms in total. The Morgan fingerprint density at radius 1 is 1.13 bits per heavy atom. The molecule has 0 saturated heterocycles. The van der Waals surface area contributed by atoms with E-state index in [9.17, 15) is 4.79 Å². The Hall–Kier alpha value is -3.24. The highest BCUT2D eigenvalue weighted by molar-refractivity contribution is 7.10. The summed E-state index contributed by atoms with van der Waals surface area (Å²) in [4.78, 5) is 24.0. The van der Waals surface area contributed by atoms with Gasteiger partial charge in [0.2, 0.25) is 5.95 Å². The lowest BCUT2D eigenvalue weighted by atomic mass is 10.3. The van der Waals surface area contributed by atoms with E-state index in [4.69, 9.17) is 5.73 Å². The normalized spacial score (nSPS) is 9.74. The molecule has 0 bridgehead atoms. The SMILES string of the molecule is Nc1ncc(C#Cc2nc(C(=O)Nc3ccccc3)cs2)cn1. The number of nitrogens with two attached hydrogens (primary N) is 1. The van der Waals surface area contributed by atoms with E-state index >= 15 is 0 Å². The third kappa shape index (κ3) is 3.90. The molecule has 0 fully saturated rings. The number of amides is 1. The molecule has 1 amide bonds. The fourth-order valence-electron chi connectivity index (χ4n) is 1.68. The second kappa shape index (κ2) is 6.68. The van der Waals surface area contributed by atoms with Crippen molar-refractivity contribution in [2.45, 2.75) is 0 Å². The van der Waals surface area contributed by atoms with E-state index in [2.05, 4.69) is 32.1 Å². The van der Waals surface area contributed by atoms with Crippen LogP contribution in [0.25, 0.3) is 0 Å². The van der Waals surface area contributed by atoms with Gasteiger partial charge in [-0.3, -0.25) is 4.79 Å². The number of hydrogen-bond acceptors (Lipinski definition) is 6. The molecule has 0 aliphatic carbocycles. The highest BCUT2D eigenvalue weighted by atomic mass is 32.1. The number of benzene rings is 1. The van der Waals surface area contributed by atoms with Gasteiger partial charge in [0.25, 0.3) is 5.91 Å². The van der Waals surface area contributed by atoms with Crippen LogP contribution in [0.2, 0.25) is 0 Å². The van der Waals surface area contributed by atoms with Crippen LogP contribution in [0, 0.1) is 11.8 Å². The maximum Gasteiger partial charge on any atom is 0.275 e. The summed E-state index contributed by atoms with van der Waals surface area (Å²) < 4.78 is 0. The smallest absolute Gasteiger partial charge is 0.275 e. The summed E-state index contributed by atoms with van der Waals surface area (Å²) in [6, 6.07) is 9.20. The van der Waals surface area contributed by atoms with E-state index in [1.807, 2.05) is 30.3 Å². The van der Waals surface area contributed by atoms with Crippen LogP contribution in [-0.2, 0) is 0 Å². The molecule has 2 aromatic heterocycles. The van der Waals surface area contributed by atoms with E-state index in [0.717, 1.165) is 5.69 Å². The summed E-state index contributed by atoms with van der Waals surface area (Å²) >= 11 is 1.30. The van der Waals surface area contributed by atoms with Crippen LogP contribution in [0.4, 0.5) is 11.6 Å². The molecule has 0 aliphatic rings. The maximum atomic E-state index is 12.1. The highest BCUT2D eigenvalue weighted by Gasteiger charge is 2.09. The van der Waals surface area contributed by atoms with Gasteiger partial charge in [-0.15, -0.1) is 11.3 Å². The fourth-order valence-corrected chi connectivity index (χ4v) is 2.32. The molecule has 112 valence electrons. The zero-order valence-electron chi connectivity index (χ0n) is 11.9. The lowest BCUT2D eigenvalue weighted by Gasteiger charge is -2.01. The van der Waals surface area contributed by atoms with E-state index in [-0.39, 0.29) is 11.9 Å². The first-order chi connectivity index (χ1) is 11.2. The van der Waals surface area contributed by atoms with Gasteiger partial charge >= 0.3 is 0 Å². The Morgan fingerprint density at radius 2 is 1.87 bits per heavy atom. The second-order valence-electron chi connectivity index (χ2n) is 4.44. The number of nitrogens with one attached hydrogen (secondary N) is 1. The number of nitrogens with zero attached hydrogens (tertiary/aromatic N) is 3. The van der Waals surface area contributed by atoms with Gasteiger partial charge in [-0.05, 0) is 18.1 Å². The number of thiazole rings is 1. The van der Waals surface area contributed by atoms with Crippen molar-refractivity contribution < 1.29 is 4.79 Å². The Labute approximate surface area is 136 Å². The number of nitrogen functional groups attached to an aromatic ring is 1. The molecular weight excluding hydrogens is 310 g/mol. The minimum Gasteiger partial charge on any atom is -0.368 e. The summed E-state index contributed by atoms with van der Waals surface area (Å²) in [6.45, 7) is 0. The first kappa shape index (κ1) is 14.7. The Balaban J connectivity index is 1.71. The number of carbonyl (C=O) groups excluding carboxylic acids is 1. The number of para-hydroxylation sites is 1. The van der Waals surface area contributed by atoms with Crippen LogP contribution in [0.15, 0.2) is 48.1 Å². The topological polar surface area (TPSA) is 93.8 Å². The van der Waals surface area contributed by atoms with Crippen molar-refractivity contribution >= 4 is 28.9 Å². The van der Waals surface area contributed by atoms with Crippen molar-refractivity contribution in [2.24, 2.45) is 0 Å². The fraction of sp³-hybridized carbons (Fsp3) is 0. The zero-order valence-corrected chi connectivity index (χ0v) is 12.7. The maximum absolute atomic E-state index is 12.1. The van der Waals surface area contributed by atoms with Crippen molar-refractivity contribution in [3.63, 3.8) is 0 Å². The molecule has 23 heavy (non-hydrogen) atoms. The van der Waals surface area contributed by atoms with Gasteiger partial charge in [0.1, 0.15) is 5.69 Å². The number of anilines is 2. The third-order valence-electron chi connectivity index (χ3n) is 2.75. The predicted octanol–water partition coefficient (Wildman–Crippen LogP) is 2.17. The largest absolute Gasteiger partial charge is 0.368 e. The number of rotatable bonds is 2. The summed E-state index contributed by atoms with van der Waals surface area (Å²) in [5, 5.41) is 4.98. The molecule has 7 heteroatoms. The van der Waals surface area contributed by atoms with Crippen molar-refractivity contribution in [1.82, 2.24) is 15.0 Å². The van der Waals surface area contributed by atoms with E-state index < -0.39 is 0 Å². The van der Waals surface area contributed by atoms with E-state index in [0.29, 0.717) is 16.3 Å². The average molecular weight is 321 g/mol.